The molecule has 0 saturated carbocycles. The Hall–Kier alpha value is -2.38. The number of urea groups is 1. The quantitative estimate of drug-likeness (QED) is 0.526. The molecule has 23 heavy (non-hydrogen) atoms. The standard InChI is InChI=1S/C15H14ClN3O3S/c16-10-5-7-11(8-6-10)22-9-14(20)12-3-1-2-4-13(12)18-23-19-15(17)21/h1-8,18H,9H2,(H3,17,19,21). The Bertz CT molecular complexity index is 695. The van der Waals surface area contributed by atoms with Crippen LogP contribution in [-0.4, -0.2) is 18.4 Å². The van der Waals surface area contributed by atoms with E-state index in [2.05, 4.69) is 9.44 Å². The van der Waals surface area contributed by atoms with E-state index in [9.17, 15) is 9.59 Å². The van der Waals surface area contributed by atoms with Gasteiger partial charge in [-0.25, -0.2) is 4.79 Å². The molecule has 4 N–H and O–H groups in total. The second-order valence-corrected chi connectivity index (χ2v) is 5.43. The van der Waals surface area contributed by atoms with Crippen LogP contribution in [0.4, 0.5) is 10.5 Å². The Morgan fingerprint density at radius 3 is 2.52 bits per heavy atom. The van der Waals surface area contributed by atoms with Crippen LogP contribution in [0.25, 0.3) is 0 Å². The zero-order chi connectivity index (χ0) is 16.7. The van der Waals surface area contributed by atoms with Gasteiger partial charge < -0.3 is 15.2 Å². The van der Waals surface area contributed by atoms with E-state index in [1.807, 2.05) is 0 Å². The van der Waals surface area contributed by atoms with Gasteiger partial charge >= 0.3 is 6.03 Å². The predicted octanol–water partition coefficient (Wildman–Crippen LogP) is 3.25. The number of ether oxygens (including phenoxy) is 1. The number of anilines is 1. The lowest BCUT2D eigenvalue weighted by atomic mass is 10.1. The van der Waals surface area contributed by atoms with E-state index in [0.717, 1.165) is 12.1 Å². The number of hydrogen-bond acceptors (Lipinski definition) is 5. The molecule has 8 heteroatoms. The van der Waals surface area contributed by atoms with E-state index in [1.54, 1.807) is 48.5 Å². The summed E-state index contributed by atoms with van der Waals surface area (Å²) in [5.74, 6) is 0.348. The van der Waals surface area contributed by atoms with Gasteiger partial charge in [0.2, 0.25) is 5.78 Å². The van der Waals surface area contributed by atoms with Crippen LogP contribution in [0, 0.1) is 0 Å². The highest BCUT2D eigenvalue weighted by Gasteiger charge is 2.12. The van der Waals surface area contributed by atoms with Crippen molar-refractivity contribution in [3.8, 4) is 5.75 Å². The normalized spacial score (nSPS) is 9.96. The van der Waals surface area contributed by atoms with E-state index in [0.29, 0.717) is 22.0 Å². The van der Waals surface area contributed by atoms with Gasteiger partial charge in [0.05, 0.1) is 17.8 Å². The number of nitrogens with two attached hydrogens (primary N) is 1. The topological polar surface area (TPSA) is 93.5 Å². The molecule has 0 fully saturated rings. The summed E-state index contributed by atoms with van der Waals surface area (Å²) >= 11 is 6.67. The molecule has 2 aromatic rings. The fraction of sp³-hybridized carbons (Fsp3) is 0.0667. The van der Waals surface area contributed by atoms with Crippen LogP contribution < -0.4 is 19.9 Å². The summed E-state index contributed by atoms with van der Waals surface area (Å²) < 4.78 is 10.6. The monoisotopic (exact) mass is 351 g/mol. The number of amides is 2. The smallest absolute Gasteiger partial charge is 0.323 e. The second kappa shape index (κ2) is 8.30. The zero-order valence-electron chi connectivity index (χ0n) is 11.9. The van der Waals surface area contributed by atoms with Crippen molar-refractivity contribution >= 4 is 41.2 Å². The van der Waals surface area contributed by atoms with Gasteiger partial charge in [-0.3, -0.25) is 9.52 Å². The largest absolute Gasteiger partial charge is 0.485 e. The van der Waals surface area contributed by atoms with Crippen molar-refractivity contribution in [2.45, 2.75) is 0 Å². The highest BCUT2D eigenvalue weighted by atomic mass is 35.5. The van der Waals surface area contributed by atoms with E-state index in [-0.39, 0.29) is 12.4 Å². The summed E-state index contributed by atoms with van der Waals surface area (Å²) in [5, 5.41) is 0.595. The third-order valence-electron chi connectivity index (χ3n) is 2.72. The molecular formula is C15H14ClN3O3S. The summed E-state index contributed by atoms with van der Waals surface area (Å²) in [6.45, 7) is -0.117. The molecule has 0 saturated heterocycles. The molecule has 2 rings (SSSR count). The Morgan fingerprint density at radius 1 is 1.13 bits per heavy atom. The van der Waals surface area contributed by atoms with Gasteiger partial charge in [-0.1, -0.05) is 23.7 Å². The van der Waals surface area contributed by atoms with Crippen LogP contribution in [0.15, 0.2) is 48.5 Å². The molecule has 0 radical (unpaired) electrons. The number of Topliss-reactive ketones (excluding diaryl/α,β-unsaturated/α-hetero) is 1. The highest BCUT2D eigenvalue weighted by molar-refractivity contribution is 7.99. The third-order valence-corrected chi connectivity index (χ3v) is 3.60. The van der Waals surface area contributed by atoms with Crippen LogP contribution >= 0.6 is 23.7 Å². The molecular weight excluding hydrogens is 338 g/mol. The fourth-order valence-electron chi connectivity index (χ4n) is 1.70. The van der Waals surface area contributed by atoms with Gasteiger partial charge in [-0.15, -0.1) is 0 Å². The molecule has 0 aromatic heterocycles. The van der Waals surface area contributed by atoms with E-state index >= 15 is 0 Å². The molecule has 0 atom stereocenters. The number of benzene rings is 2. The van der Waals surface area contributed by atoms with Crippen LogP contribution in [0.5, 0.6) is 5.75 Å². The van der Waals surface area contributed by atoms with Crippen LogP contribution in [-0.2, 0) is 0 Å². The number of nitrogens with one attached hydrogen (secondary N) is 2. The second-order valence-electron chi connectivity index (χ2n) is 4.38. The minimum atomic E-state index is -0.683. The summed E-state index contributed by atoms with van der Waals surface area (Å²) in [7, 11) is 0. The van der Waals surface area contributed by atoms with Crippen molar-refractivity contribution in [2.75, 3.05) is 11.3 Å². The Morgan fingerprint density at radius 2 is 1.83 bits per heavy atom. The minimum absolute atomic E-state index is 0.117. The first-order valence-electron chi connectivity index (χ1n) is 6.54. The first kappa shape index (κ1) is 17.0. The first-order valence-corrected chi connectivity index (χ1v) is 7.73. The molecule has 0 unspecified atom stereocenters. The van der Waals surface area contributed by atoms with Crippen LogP contribution in [0.3, 0.4) is 0 Å². The lowest BCUT2D eigenvalue weighted by molar-refractivity contribution is 0.0922. The van der Waals surface area contributed by atoms with Gasteiger partial charge in [0.15, 0.2) is 6.61 Å². The van der Waals surface area contributed by atoms with Crippen molar-refractivity contribution in [1.29, 1.82) is 0 Å². The number of para-hydroxylation sites is 1. The molecule has 2 aromatic carbocycles. The number of rotatable bonds is 7. The van der Waals surface area contributed by atoms with Gasteiger partial charge in [-0.2, -0.15) is 0 Å². The number of ketones is 1. The van der Waals surface area contributed by atoms with E-state index in [4.69, 9.17) is 22.1 Å². The summed E-state index contributed by atoms with van der Waals surface area (Å²) in [4.78, 5) is 22.9. The molecule has 0 spiro atoms. The van der Waals surface area contributed by atoms with Gasteiger partial charge in [0, 0.05) is 10.6 Å². The number of primary amides is 1. The fourth-order valence-corrected chi connectivity index (χ4v) is 2.27. The molecule has 0 aliphatic carbocycles. The molecule has 0 aliphatic heterocycles. The first-order chi connectivity index (χ1) is 11.1. The maximum absolute atomic E-state index is 12.3. The SMILES string of the molecule is NC(=O)NSNc1ccccc1C(=O)COc1ccc(Cl)cc1. The maximum Gasteiger partial charge on any atom is 0.323 e. The molecule has 2 amide bonds. The molecule has 0 aliphatic rings. The summed E-state index contributed by atoms with van der Waals surface area (Å²) in [5.41, 5.74) is 5.97. The van der Waals surface area contributed by atoms with Crippen molar-refractivity contribution in [2.24, 2.45) is 5.73 Å². The van der Waals surface area contributed by atoms with Crippen molar-refractivity contribution in [1.82, 2.24) is 4.72 Å². The molecule has 0 heterocycles. The lowest BCUT2D eigenvalue weighted by Crippen LogP contribution is -2.24. The Kier molecular flexibility index (Phi) is 6.13. The lowest BCUT2D eigenvalue weighted by Gasteiger charge is -2.11. The highest BCUT2D eigenvalue weighted by Crippen LogP contribution is 2.20. The third kappa shape index (κ3) is 5.39. The van der Waals surface area contributed by atoms with Gasteiger partial charge in [0.1, 0.15) is 5.75 Å². The number of halogens is 1. The average molecular weight is 352 g/mol. The number of carbonyl (C=O) groups is 2. The summed E-state index contributed by atoms with van der Waals surface area (Å²) in [6, 6.07) is 12.9. The van der Waals surface area contributed by atoms with Crippen LogP contribution in [0.1, 0.15) is 10.4 Å². The number of carbonyl (C=O) groups excluding carboxylic acids is 2. The van der Waals surface area contributed by atoms with Gasteiger partial charge in [-0.05, 0) is 36.4 Å². The van der Waals surface area contributed by atoms with Crippen molar-refractivity contribution < 1.29 is 14.3 Å². The number of hydrogen-bond donors (Lipinski definition) is 3. The van der Waals surface area contributed by atoms with Crippen LogP contribution in [0.2, 0.25) is 5.02 Å². The molecule has 0 bridgehead atoms. The van der Waals surface area contributed by atoms with Crippen molar-refractivity contribution in [3.63, 3.8) is 0 Å². The Balaban J connectivity index is 1.98. The van der Waals surface area contributed by atoms with Crippen molar-refractivity contribution in [3.05, 3.63) is 59.1 Å². The predicted molar refractivity (Wildman–Crippen MR) is 91.7 cm³/mol. The van der Waals surface area contributed by atoms with Gasteiger partial charge in [0.25, 0.3) is 0 Å². The zero-order valence-corrected chi connectivity index (χ0v) is 13.5. The minimum Gasteiger partial charge on any atom is -0.485 e. The maximum atomic E-state index is 12.3. The Labute approximate surface area is 142 Å². The van der Waals surface area contributed by atoms with E-state index < -0.39 is 6.03 Å². The average Bonchev–Trinajstić information content (AvgIpc) is 2.54. The van der Waals surface area contributed by atoms with E-state index in [1.165, 1.54) is 0 Å². The molecule has 6 nitrogen and oxygen atoms in total. The summed E-state index contributed by atoms with van der Waals surface area (Å²) in [6.07, 6.45) is 0. The molecule has 120 valence electrons.